The van der Waals surface area contributed by atoms with E-state index < -0.39 is 0 Å². The van der Waals surface area contributed by atoms with Crippen LogP contribution in [0.5, 0.6) is 0 Å². The highest BCUT2D eigenvalue weighted by Gasteiger charge is 2.13. The van der Waals surface area contributed by atoms with Crippen molar-refractivity contribution >= 4 is 21.6 Å². The molecule has 0 saturated heterocycles. The molecule has 4 heteroatoms. The molecule has 0 amide bonds. The molecule has 96 valence electrons. The molecule has 1 atom stereocenters. The molecule has 1 aromatic carbocycles. The van der Waals surface area contributed by atoms with Crippen molar-refractivity contribution in [2.75, 3.05) is 26.0 Å². The average molecular weight is 301 g/mol. The average Bonchev–Trinajstić information content (AvgIpc) is 2.30. The molecular weight excluding hydrogens is 280 g/mol. The van der Waals surface area contributed by atoms with E-state index in [1.165, 1.54) is 5.56 Å². The summed E-state index contributed by atoms with van der Waals surface area (Å²) >= 11 is 3.56. The number of hydrogen-bond donors (Lipinski definition) is 1. The molecule has 0 aliphatic carbocycles. The van der Waals surface area contributed by atoms with Gasteiger partial charge in [-0.2, -0.15) is 0 Å². The van der Waals surface area contributed by atoms with Crippen molar-refractivity contribution in [2.45, 2.75) is 26.4 Å². The number of benzene rings is 1. The van der Waals surface area contributed by atoms with Crippen molar-refractivity contribution in [3.05, 3.63) is 28.2 Å². The molecule has 0 spiro atoms. The van der Waals surface area contributed by atoms with Gasteiger partial charge in [-0.05, 0) is 37.2 Å². The lowest BCUT2D eigenvalue weighted by Crippen LogP contribution is -2.35. The van der Waals surface area contributed by atoms with Gasteiger partial charge in [0.2, 0.25) is 0 Å². The Morgan fingerprint density at radius 1 is 1.47 bits per heavy atom. The summed E-state index contributed by atoms with van der Waals surface area (Å²) in [6, 6.07) is 6.33. The third kappa shape index (κ3) is 4.30. The second kappa shape index (κ2) is 6.99. The highest BCUT2D eigenvalue weighted by Crippen LogP contribution is 2.21. The summed E-state index contributed by atoms with van der Waals surface area (Å²) in [6.45, 7) is 6.95. The zero-order valence-corrected chi connectivity index (χ0v) is 12.3. The summed E-state index contributed by atoms with van der Waals surface area (Å²) < 4.78 is 6.31. The number of halogens is 1. The summed E-state index contributed by atoms with van der Waals surface area (Å²) in [5.41, 5.74) is 7.84. The maximum atomic E-state index is 5.82. The van der Waals surface area contributed by atoms with E-state index in [0.29, 0.717) is 6.04 Å². The van der Waals surface area contributed by atoms with Crippen LogP contribution in [0, 0.1) is 0 Å². The van der Waals surface area contributed by atoms with E-state index in [0.717, 1.165) is 29.9 Å². The fraction of sp³-hybridized carbons (Fsp3) is 0.538. The van der Waals surface area contributed by atoms with E-state index in [9.17, 15) is 0 Å². The van der Waals surface area contributed by atoms with Crippen LogP contribution in [0.25, 0.3) is 0 Å². The molecule has 1 aromatic rings. The van der Waals surface area contributed by atoms with Crippen molar-refractivity contribution in [1.82, 2.24) is 4.90 Å². The second-order valence-corrected chi connectivity index (χ2v) is 5.07. The Morgan fingerprint density at radius 2 is 2.18 bits per heavy atom. The molecule has 0 aromatic heterocycles. The van der Waals surface area contributed by atoms with Crippen LogP contribution in [0.4, 0.5) is 5.69 Å². The lowest BCUT2D eigenvalue weighted by molar-refractivity contribution is 0.0981. The number of anilines is 1. The molecule has 3 nitrogen and oxygen atoms in total. The highest BCUT2D eigenvalue weighted by atomic mass is 79.9. The van der Waals surface area contributed by atoms with Gasteiger partial charge < -0.3 is 10.5 Å². The predicted octanol–water partition coefficient (Wildman–Crippen LogP) is 2.89. The number of nitrogens with two attached hydrogens (primary N) is 1. The number of ether oxygens (including phenoxy) is 1. The number of nitrogen functional groups attached to an aromatic ring is 1. The summed E-state index contributed by atoms with van der Waals surface area (Å²) in [7, 11) is 1.74. The Bertz CT molecular complexity index is 357. The number of hydrogen-bond acceptors (Lipinski definition) is 3. The first-order valence-corrected chi connectivity index (χ1v) is 6.64. The molecule has 0 radical (unpaired) electrons. The third-order valence-electron chi connectivity index (χ3n) is 2.88. The predicted molar refractivity (Wildman–Crippen MR) is 76.0 cm³/mol. The first kappa shape index (κ1) is 14.5. The first-order valence-electron chi connectivity index (χ1n) is 5.85. The van der Waals surface area contributed by atoms with Crippen LogP contribution in [0.2, 0.25) is 0 Å². The Labute approximate surface area is 112 Å². The number of likely N-dealkylation sites (N-methyl/N-ethyl adjacent to an activating group) is 1. The van der Waals surface area contributed by atoms with Gasteiger partial charge in [-0.15, -0.1) is 0 Å². The molecule has 0 bridgehead atoms. The zero-order chi connectivity index (χ0) is 12.8. The van der Waals surface area contributed by atoms with Gasteiger partial charge in [-0.25, -0.2) is 0 Å². The van der Waals surface area contributed by atoms with Crippen molar-refractivity contribution in [1.29, 1.82) is 0 Å². The van der Waals surface area contributed by atoms with Crippen LogP contribution in [-0.4, -0.2) is 31.2 Å². The van der Waals surface area contributed by atoms with Crippen LogP contribution < -0.4 is 5.73 Å². The van der Waals surface area contributed by atoms with E-state index >= 15 is 0 Å². The summed E-state index contributed by atoms with van der Waals surface area (Å²) in [5, 5.41) is 0. The Balaban J connectivity index is 2.76. The van der Waals surface area contributed by atoms with Crippen LogP contribution in [0.15, 0.2) is 22.7 Å². The molecule has 0 saturated carbocycles. The SMILES string of the molecule is CCN(Cc1cc(N)ccc1Br)C(C)COC. The third-order valence-corrected chi connectivity index (χ3v) is 3.65. The van der Waals surface area contributed by atoms with Crippen molar-refractivity contribution in [3.8, 4) is 0 Å². The van der Waals surface area contributed by atoms with Gasteiger partial charge in [0.25, 0.3) is 0 Å². The second-order valence-electron chi connectivity index (χ2n) is 4.22. The molecular formula is C13H21BrN2O. The van der Waals surface area contributed by atoms with Crippen molar-refractivity contribution in [3.63, 3.8) is 0 Å². The van der Waals surface area contributed by atoms with E-state index in [-0.39, 0.29) is 0 Å². The number of nitrogens with zero attached hydrogens (tertiary/aromatic N) is 1. The standard InChI is InChI=1S/C13H21BrN2O/c1-4-16(10(2)9-17-3)8-11-7-12(15)5-6-13(11)14/h5-7,10H,4,8-9,15H2,1-3H3. The lowest BCUT2D eigenvalue weighted by Gasteiger charge is -2.27. The first-order chi connectivity index (χ1) is 8.08. The normalized spacial score (nSPS) is 13.0. The molecule has 0 heterocycles. The van der Waals surface area contributed by atoms with Gasteiger partial charge in [0.05, 0.1) is 6.61 Å². The number of rotatable bonds is 6. The minimum Gasteiger partial charge on any atom is -0.399 e. The Morgan fingerprint density at radius 3 is 2.76 bits per heavy atom. The maximum absolute atomic E-state index is 5.82. The van der Waals surface area contributed by atoms with E-state index in [4.69, 9.17) is 10.5 Å². The van der Waals surface area contributed by atoms with Crippen molar-refractivity contribution in [2.24, 2.45) is 0 Å². The lowest BCUT2D eigenvalue weighted by atomic mass is 10.1. The van der Waals surface area contributed by atoms with Crippen molar-refractivity contribution < 1.29 is 4.74 Å². The van der Waals surface area contributed by atoms with Gasteiger partial charge in [0.1, 0.15) is 0 Å². The molecule has 2 N–H and O–H groups in total. The zero-order valence-electron chi connectivity index (χ0n) is 10.7. The molecule has 0 aliphatic rings. The maximum Gasteiger partial charge on any atom is 0.0615 e. The molecule has 0 fully saturated rings. The molecule has 1 rings (SSSR count). The monoisotopic (exact) mass is 300 g/mol. The summed E-state index contributed by atoms with van der Waals surface area (Å²) in [5.74, 6) is 0. The van der Waals surface area contributed by atoms with Gasteiger partial charge in [0, 0.05) is 29.9 Å². The van der Waals surface area contributed by atoms with Gasteiger partial charge in [0.15, 0.2) is 0 Å². The van der Waals surface area contributed by atoms with Gasteiger partial charge >= 0.3 is 0 Å². The highest BCUT2D eigenvalue weighted by molar-refractivity contribution is 9.10. The number of methoxy groups -OCH3 is 1. The molecule has 1 unspecified atom stereocenters. The molecule has 0 aliphatic heterocycles. The largest absolute Gasteiger partial charge is 0.399 e. The summed E-state index contributed by atoms with van der Waals surface area (Å²) in [6.07, 6.45) is 0. The Hall–Kier alpha value is -0.580. The minimum absolute atomic E-state index is 0.401. The van der Waals surface area contributed by atoms with Gasteiger partial charge in [-0.3, -0.25) is 4.90 Å². The van der Waals surface area contributed by atoms with E-state index in [2.05, 4.69) is 34.7 Å². The van der Waals surface area contributed by atoms with Crippen LogP contribution in [-0.2, 0) is 11.3 Å². The van der Waals surface area contributed by atoms with E-state index in [1.54, 1.807) is 7.11 Å². The fourth-order valence-corrected chi connectivity index (χ4v) is 2.23. The quantitative estimate of drug-likeness (QED) is 0.821. The van der Waals surface area contributed by atoms with Crippen LogP contribution >= 0.6 is 15.9 Å². The van der Waals surface area contributed by atoms with Gasteiger partial charge in [-0.1, -0.05) is 22.9 Å². The van der Waals surface area contributed by atoms with E-state index in [1.807, 2.05) is 18.2 Å². The van der Waals surface area contributed by atoms with Crippen LogP contribution in [0.3, 0.4) is 0 Å². The van der Waals surface area contributed by atoms with Crippen LogP contribution in [0.1, 0.15) is 19.4 Å². The molecule has 17 heavy (non-hydrogen) atoms. The Kier molecular flexibility index (Phi) is 5.95. The smallest absolute Gasteiger partial charge is 0.0615 e. The topological polar surface area (TPSA) is 38.5 Å². The summed E-state index contributed by atoms with van der Waals surface area (Å²) in [4.78, 5) is 2.36. The minimum atomic E-state index is 0.401. The fourth-order valence-electron chi connectivity index (χ4n) is 1.86.